The number of fused-ring (bicyclic) bond motifs is 5. The van der Waals surface area contributed by atoms with Gasteiger partial charge in [-0.15, -0.1) is 0 Å². The lowest BCUT2D eigenvalue weighted by molar-refractivity contribution is -0.153. The third kappa shape index (κ3) is 2.20. The molecule has 1 amide bonds. The molecule has 1 N–H and O–H groups in total. The number of hydrogen-bond donors (Lipinski definition) is 1. The molecule has 27 heavy (non-hydrogen) atoms. The van der Waals surface area contributed by atoms with Crippen LogP contribution in [0.15, 0.2) is 46.9 Å². The average molecular weight is 427 g/mol. The molecule has 5 nitrogen and oxygen atoms in total. The first-order valence-corrected chi connectivity index (χ1v) is 9.88. The number of carbonyl (C=O) groups is 2. The number of halogens is 1. The average Bonchev–Trinajstić information content (AvgIpc) is 3.16. The Kier molecular flexibility index (Phi) is 3.71. The Morgan fingerprint density at radius 1 is 1.26 bits per heavy atom. The third-order valence-corrected chi connectivity index (χ3v) is 6.79. The Morgan fingerprint density at radius 2 is 2.04 bits per heavy atom. The van der Waals surface area contributed by atoms with Crippen LogP contribution in [0, 0.1) is 5.92 Å². The molecule has 0 radical (unpaired) electrons. The Hall–Kier alpha value is -2.18. The lowest BCUT2D eigenvalue weighted by Crippen LogP contribution is -2.55. The van der Waals surface area contributed by atoms with E-state index in [1.54, 1.807) is 0 Å². The van der Waals surface area contributed by atoms with E-state index in [1.165, 1.54) is 18.2 Å². The number of carbonyl (C=O) groups excluding carboxylic acids is 2. The smallest absolute Gasteiger partial charge is 0.311 e. The SMILES string of the molecule is COC(=O)C1C[C@@H]2Cc3ccccc3CN2[C@]12C(=O)Nc1ccc(Br)cc12. The summed E-state index contributed by atoms with van der Waals surface area (Å²) in [5.74, 6) is -0.985. The van der Waals surface area contributed by atoms with Gasteiger partial charge in [0.25, 0.3) is 5.91 Å². The maximum absolute atomic E-state index is 13.4. The van der Waals surface area contributed by atoms with Crippen molar-refractivity contribution < 1.29 is 14.3 Å². The van der Waals surface area contributed by atoms with Gasteiger partial charge in [0.05, 0.1) is 13.0 Å². The lowest BCUT2D eigenvalue weighted by atomic mass is 9.79. The van der Waals surface area contributed by atoms with Crippen LogP contribution >= 0.6 is 15.9 Å². The van der Waals surface area contributed by atoms with E-state index in [1.807, 2.05) is 30.3 Å². The molecule has 6 heteroatoms. The Bertz CT molecular complexity index is 976. The van der Waals surface area contributed by atoms with E-state index < -0.39 is 11.5 Å². The highest BCUT2D eigenvalue weighted by molar-refractivity contribution is 9.10. The summed E-state index contributed by atoms with van der Waals surface area (Å²) in [4.78, 5) is 28.4. The van der Waals surface area contributed by atoms with Gasteiger partial charge in [-0.3, -0.25) is 14.5 Å². The third-order valence-electron chi connectivity index (χ3n) is 6.29. The van der Waals surface area contributed by atoms with Gasteiger partial charge in [-0.05, 0) is 42.2 Å². The van der Waals surface area contributed by atoms with Gasteiger partial charge in [-0.25, -0.2) is 0 Å². The van der Waals surface area contributed by atoms with Crippen molar-refractivity contribution in [3.8, 4) is 0 Å². The van der Waals surface area contributed by atoms with Gasteiger partial charge in [0, 0.05) is 28.3 Å². The maximum Gasteiger partial charge on any atom is 0.311 e. The van der Waals surface area contributed by atoms with Crippen LogP contribution in [-0.4, -0.2) is 29.9 Å². The number of benzene rings is 2. The number of hydrogen-bond acceptors (Lipinski definition) is 4. The summed E-state index contributed by atoms with van der Waals surface area (Å²) < 4.78 is 6.03. The fourth-order valence-corrected chi connectivity index (χ4v) is 5.54. The van der Waals surface area contributed by atoms with Crippen LogP contribution in [0.25, 0.3) is 0 Å². The fraction of sp³-hybridized carbons (Fsp3) is 0.333. The van der Waals surface area contributed by atoms with Crippen LogP contribution in [0.4, 0.5) is 5.69 Å². The van der Waals surface area contributed by atoms with Gasteiger partial charge >= 0.3 is 5.97 Å². The van der Waals surface area contributed by atoms with Crippen molar-refractivity contribution in [3.63, 3.8) is 0 Å². The highest BCUT2D eigenvalue weighted by atomic mass is 79.9. The number of esters is 1. The minimum atomic E-state index is -1.02. The Morgan fingerprint density at radius 3 is 2.81 bits per heavy atom. The zero-order chi connectivity index (χ0) is 18.8. The second-order valence-corrected chi connectivity index (χ2v) is 8.39. The van der Waals surface area contributed by atoms with Crippen molar-refractivity contribution in [1.29, 1.82) is 0 Å². The topological polar surface area (TPSA) is 58.6 Å². The molecule has 0 aliphatic carbocycles. The molecule has 1 spiro atoms. The van der Waals surface area contributed by atoms with E-state index in [0.717, 1.165) is 22.1 Å². The van der Waals surface area contributed by atoms with Crippen molar-refractivity contribution in [1.82, 2.24) is 4.90 Å². The minimum Gasteiger partial charge on any atom is -0.469 e. The molecule has 0 bridgehead atoms. The number of anilines is 1. The Balaban J connectivity index is 1.72. The standard InChI is InChI=1S/C21H19BrN2O3/c1-27-19(25)17-10-15-8-12-4-2-3-5-13(12)11-24(15)21(17)16-9-14(22)6-7-18(16)23-20(21)26/h2-7,9,15,17H,8,10-11H2,1H3,(H,23,26)/t15-,17?,21-/m0/s1. The highest BCUT2D eigenvalue weighted by Gasteiger charge is 2.65. The predicted molar refractivity (Wildman–Crippen MR) is 104 cm³/mol. The first-order chi connectivity index (χ1) is 13.1. The van der Waals surface area contributed by atoms with E-state index in [2.05, 4.69) is 38.3 Å². The van der Waals surface area contributed by atoms with E-state index in [4.69, 9.17) is 4.74 Å². The van der Waals surface area contributed by atoms with Gasteiger partial charge in [-0.2, -0.15) is 0 Å². The zero-order valence-corrected chi connectivity index (χ0v) is 16.5. The molecule has 138 valence electrons. The molecule has 1 fully saturated rings. The largest absolute Gasteiger partial charge is 0.469 e. The molecule has 1 unspecified atom stereocenters. The minimum absolute atomic E-state index is 0.125. The van der Waals surface area contributed by atoms with E-state index in [9.17, 15) is 9.59 Å². The van der Waals surface area contributed by atoms with Crippen LogP contribution in [0.3, 0.4) is 0 Å². The van der Waals surface area contributed by atoms with Crippen LogP contribution < -0.4 is 5.32 Å². The molecule has 2 aromatic carbocycles. The normalized spacial score (nSPS) is 28.4. The van der Waals surface area contributed by atoms with Crippen LogP contribution in [0.5, 0.6) is 0 Å². The molecule has 3 aliphatic heterocycles. The van der Waals surface area contributed by atoms with Gasteiger partial charge in [-0.1, -0.05) is 40.2 Å². The van der Waals surface area contributed by atoms with Gasteiger partial charge < -0.3 is 10.1 Å². The first-order valence-electron chi connectivity index (χ1n) is 9.08. The number of nitrogens with zero attached hydrogens (tertiary/aromatic N) is 1. The second kappa shape index (κ2) is 5.91. The van der Waals surface area contributed by atoms with Crippen molar-refractivity contribution in [2.24, 2.45) is 5.92 Å². The van der Waals surface area contributed by atoms with Crippen LogP contribution in [0.2, 0.25) is 0 Å². The van der Waals surface area contributed by atoms with Crippen LogP contribution in [-0.2, 0) is 32.8 Å². The number of methoxy groups -OCH3 is 1. The second-order valence-electron chi connectivity index (χ2n) is 7.48. The van der Waals surface area contributed by atoms with Crippen LogP contribution in [0.1, 0.15) is 23.1 Å². The molecule has 0 saturated carbocycles. The maximum atomic E-state index is 13.4. The monoisotopic (exact) mass is 426 g/mol. The summed E-state index contributed by atoms with van der Waals surface area (Å²) in [5, 5.41) is 3.01. The summed E-state index contributed by atoms with van der Waals surface area (Å²) >= 11 is 3.53. The molecule has 3 atom stereocenters. The number of nitrogens with one attached hydrogen (secondary N) is 1. The van der Waals surface area contributed by atoms with Gasteiger partial charge in [0.15, 0.2) is 0 Å². The summed E-state index contributed by atoms with van der Waals surface area (Å²) in [7, 11) is 1.40. The quantitative estimate of drug-likeness (QED) is 0.711. The van der Waals surface area contributed by atoms with Crippen molar-refractivity contribution in [2.45, 2.75) is 31.0 Å². The zero-order valence-electron chi connectivity index (χ0n) is 14.9. The van der Waals surface area contributed by atoms with E-state index in [-0.39, 0.29) is 17.9 Å². The lowest BCUT2D eigenvalue weighted by Gasteiger charge is -2.41. The molecule has 0 aromatic heterocycles. The number of amides is 1. The van der Waals surface area contributed by atoms with E-state index >= 15 is 0 Å². The molecule has 3 heterocycles. The summed E-state index contributed by atoms with van der Waals surface area (Å²) in [6.45, 7) is 0.647. The fourth-order valence-electron chi connectivity index (χ4n) is 5.17. The highest BCUT2D eigenvalue weighted by Crippen LogP contribution is 2.55. The molecular formula is C21H19BrN2O3. The van der Waals surface area contributed by atoms with Gasteiger partial charge in [0.1, 0.15) is 5.54 Å². The van der Waals surface area contributed by atoms with Crippen molar-refractivity contribution in [2.75, 3.05) is 12.4 Å². The Labute approximate surface area is 165 Å². The summed E-state index contributed by atoms with van der Waals surface area (Å²) in [5.41, 5.74) is 3.13. The summed E-state index contributed by atoms with van der Waals surface area (Å²) in [6, 6.07) is 14.2. The molecule has 3 aliphatic rings. The molecule has 5 rings (SSSR count). The van der Waals surface area contributed by atoms with Crippen molar-refractivity contribution >= 4 is 33.5 Å². The van der Waals surface area contributed by atoms with Gasteiger partial charge in [0.2, 0.25) is 0 Å². The number of rotatable bonds is 1. The molecule has 2 aromatic rings. The first kappa shape index (κ1) is 17.0. The molecular weight excluding hydrogens is 408 g/mol. The number of ether oxygens (including phenoxy) is 1. The molecule has 1 saturated heterocycles. The summed E-state index contributed by atoms with van der Waals surface area (Å²) in [6.07, 6.45) is 1.45. The van der Waals surface area contributed by atoms with Crippen molar-refractivity contribution in [3.05, 3.63) is 63.6 Å². The predicted octanol–water partition coefficient (Wildman–Crippen LogP) is 3.22. The van der Waals surface area contributed by atoms with E-state index in [0.29, 0.717) is 13.0 Å².